The molecule has 0 saturated heterocycles. The summed E-state index contributed by atoms with van der Waals surface area (Å²) in [5, 5.41) is 2.59. The Morgan fingerprint density at radius 2 is 1.94 bits per heavy atom. The van der Waals surface area contributed by atoms with Crippen molar-refractivity contribution in [2.24, 2.45) is 0 Å². The summed E-state index contributed by atoms with van der Waals surface area (Å²) in [6.07, 6.45) is 3.10. The van der Waals surface area contributed by atoms with E-state index >= 15 is 0 Å². The molecule has 1 aromatic carbocycles. The Hall–Kier alpha value is -1.75. The van der Waals surface area contributed by atoms with Gasteiger partial charge in [0, 0.05) is 22.6 Å². The molecule has 0 spiro atoms. The molecule has 0 aliphatic carbocycles. The van der Waals surface area contributed by atoms with Crippen molar-refractivity contribution in [3.05, 3.63) is 58.6 Å². The average Bonchev–Trinajstić information content (AvgIpc) is 2.30. The van der Waals surface area contributed by atoms with Crippen LogP contribution in [0, 0.1) is 5.82 Å². The lowest BCUT2D eigenvalue weighted by atomic mass is 10.2. The van der Waals surface area contributed by atoms with Gasteiger partial charge >= 0.3 is 0 Å². The van der Waals surface area contributed by atoms with Crippen molar-refractivity contribution in [1.29, 1.82) is 0 Å². The molecular weight excluding hydrogens is 287 g/mol. The highest BCUT2D eigenvalue weighted by atomic mass is 79.9. The minimum Gasteiger partial charge on any atom is -0.322 e. The van der Waals surface area contributed by atoms with E-state index in [0.29, 0.717) is 10.2 Å². The van der Waals surface area contributed by atoms with Crippen LogP contribution in [0.5, 0.6) is 0 Å². The average molecular weight is 295 g/mol. The van der Waals surface area contributed by atoms with Crippen molar-refractivity contribution < 1.29 is 9.18 Å². The Kier molecular flexibility index (Phi) is 3.49. The number of carbonyl (C=O) groups is 1. The molecule has 1 N–H and O–H groups in total. The number of anilines is 1. The van der Waals surface area contributed by atoms with Crippen molar-refractivity contribution in [3.8, 4) is 0 Å². The standard InChI is InChI=1S/C12H8BrFN2O/c13-9-2-1-3-10(14)11(9)12(17)16-8-4-6-15-7-5-8/h1-7H,(H,15,16,17). The van der Waals surface area contributed by atoms with E-state index in [-0.39, 0.29) is 5.56 Å². The van der Waals surface area contributed by atoms with E-state index in [1.807, 2.05) is 0 Å². The second-order valence-corrected chi connectivity index (χ2v) is 4.14. The molecule has 86 valence electrons. The van der Waals surface area contributed by atoms with Crippen LogP contribution < -0.4 is 5.32 Å². The first-order chi connectivity index (χ1) is 8.18. The fourth-order valence-corrected chi connectivity index (χ4v) is 1.87. The molecule has 1 heterocycles. The zero-order chi connectivity index (χ0) is 12.3. The maximum atomic E-state index is 13.5. The predicted octanol–water partition coefficient (Wildman–Crippen LogP) is 3.24. The highest BCUT2D eigenvalue weighted by Gasteiger charge is 2.15. The summed E-state index contributed by atoms with van der Waals surface area (Å²) in [7, 11) is 0. The van der Waals surface area contributed by atoms with Crippen LogP contribution in [-0.2, 0) is 0 Å². The monoisotopic (exact) mass is 294 g/mol. The largest absolute Gasteiger partial charge is 0.322 e. The van der Waals surface area contributed by atoms with Crippen LogP contribution in [0.1, 0.15) is 10.4 Å². The molecule has 0 radical (unpaired) electrons. The number of carbonyl (C=O) groups excluding carboxylic acids is 1. The molecule has 0 aliphatic heterocycles. The van der Waals surface area contributed by atoms with Gasteiger partial charge in [-0.05, 0) is 40.2 Å². The number of benzene rings is 1. The molecule has 1 amide bonds. The minimum absolute atomic E-state index is 0.00990. The lowest BCUT2D eigenvalue weighted by Crippen LogP contribution is -2.14. The topological polar surface area (TPSA) is 42.0 Å². The molecule has 0 fully saturated rings. The smallest absolute Gasteiger partial charge is 0.259 e. The molecule has 1 aromatic heterocycles. The summed E-state index contributed by atoms with van der Waals surface area (Å²) < 4.78 is 13.9. The summed E-state index contributed by atoms with van der Waals surface area (Å²) in [4.78, 5) is 15.7. The van der Waals surface area contributed by atoms with Crippen LogP contribution >= 0.6 is 15.9 Å². The zero-order valence-electron chi connectivity index (χ0n) is 8.65. The number of aromatic nitrogens is 1. The number of hydrogen-bond donors (Lipinski definition) is 1. The van der Waals surface area contributed by atoms with Crippen LogP contribution in [-0.4, -0.2) is 10.9 Å². The van der Waals surface area contributed by atoms with Crippen LogP contribution in [0.2, 0.25) is 0 Å². The van der Waals surface area contributed by atoms with Gasteiger partial charge in [-0.3, -0.25) is 9.78 Å². The van der Waals surface area contributed by atoms with Gasteiger partial charge in [-0.25, -0.2) is 4.39 Å². The SMILES string of the molecule is O=C(Nc1ccncc1)c1c(F)cccc1Br. The number of pyridine rings is 1. The highest BCUT2D eigenvalue weighted by Crippen LogP contribution is 2.20. The molecule has 5 heteroatoms. The minimum atomic E-state index is -0.564. The Morgan fingerprint density at radius 1 is 1.24 bits per heavy atom. The van der Waals surface area contributed by atoms with Gasteiger partial charge in [-0.1, -0.05) is 6.07 Å². The van der Waals surface area contributed by atoms with Gasteiger partial charge in [0.2, 0.25) is 0 Å². The van der Waals surface area contributed by atoms with E-state index in [4.69, 9.17) is 0 Å². The lowest BCUT2D eigenvalue weighted by Gasteiger charge is -2.07. The summed E-state index contributed by atoms with van der Waals surface area (Å²) in [6, 6.07) is 7.65. The highest BCUT2D eigenvalue weighted by molar-refractivity contribution is 9.10. The second kappa shape index (κ2) is 5.05. The molecule has 0 bridgehead atoms. The number of hydrogen-bond acceptors (Lipinski definition) is 2. The molecule has 2 aromatic rings. The Balaban J connectivity index is 2.27. The van der Waals surface area contributed by atoms with Crippen LogP contribution in [0.3, 0.4) is 0 Å². The molecule has 0 atom stereocenters. The van der Waals surface area contributed by atoms with Crippen molar-refractivity contribution in [2.45, 2.75) is 0 Å². The van der Waals surface area contributed by atoms with Crippen LogP contribution in [0.4, 0.5) is 10.1 Å². The van der Waals surface area contributed by atoms with Crippen molar-refractivity contribution >= 4 is 27.5 Å². The number of nitrogens with zero attached hydrogens (tertiary/aromatic N) is 1. The third kappa shape index (κ3) is 2.68. The number of halogens is 2. The first-order valence-electron chi connectivity index (χ1n) is 4.84. The Bertz CT molecular complexity index is 525. The van der Waals surface area contributed by atoms with Crippen molar-refractivity contribution in [2.75, 3.05) is 5.32 Å². The van der Waals surface area contributed by atoms with Crippen molar-refractivity contribution in [1.82, 2.24) is 4.98 Å². The van der Waals surface area contributed by atoms with Gasteiger partial charge in [-0.15, -0.1) is 0 Å². The molecule has 0 saturated carbocycles. The number of amides is 1. The van der Waals surface area contributed by atoms with E-state index in [1.165, 1.54) is 12.1 Å². The van der Waals surface area contributed by atoms with Gasteiger partial charge in [0.25, 0.3) is 5.91 Å². The molecule has 0 unspecified atom stereocenters. The first-order valence-corrected chi connectivity index (χ1v) is 5.63. The third-order valence-electron chi connectivity index (χ3n) is 2.13. The quantitative estimate of drug-likeness (QED) is 0.924. The predicted molar refractivity (Wildman–Crippen MR) is 66.3 cm³/mol. The molecular formula is C12H8BrFN2O. The van der Waals surface area contributed by atoms with E-state index in [2.05, 4.69) is 26.2 Å². The molecule has 0 aliphatic rings. The van der Waals surface area contributed by atoms with E-state index in [1.54, 1.807) is 30.6 Å². The fraction of sp³-hybridized carbons (Fsp3) is 0. The van der Waals surface area contributed by atoms with Gasteiger partial charge in [0.05, 0.1) is 5.56 Å². The molecule has 3 nitrogen and oxygen atoms in total. The van der Waals surface area contributed by atoms with Crippen molar-refractivity contribution in [3.63, 3.8) is 0 Å². The van der Waals surface area contributed by atoms with E-state index < -0.39 is 11.7 Å². The Labute approximate surface area is 106 Å². The maximum Gasteiger partial charge on any atom is 0.259 e. The number of rotatable bonds is 2. The summed E-state index contributed by atoms with van der Waals surface area (Å²) in [5.74, 6) is -1.06. The third-order valence-corrected chi connectivity index (χ3v) is 2.79. The zero-order valence-corrected chi connectivity index (χ0v) is 10.2. The van der Waals surface area contributed by atoms with Gasteiger partial charge in [-0.2, -0.15) is 0 Å². The second-order valence-electron chi connectivity index (χ2n) is 3.29. The van der Waals surface area contributed by atoms with E-state index in [9.17, 15) is 9.18 Å². The van der Waals surface area contributed by atoms with Gasteiger partial charge < -0.3 is 5.32 Å². The van der Waals surface area contributed by atoms with Crippen LogP contribution in [0.15, 0.2) is 47.2 Å². The normalized spacial score (nSPS) is 10.0. The van der Waals surface area contributed by atoms with E-state index in [0.717, 1.165) is 0 Å². The number of nitrogens with one attached hydrogen (secondary N) is 1. The van der Waals surface area contributed by atoms with Crippen LogP contribution in [0.25, 0.3) is 0 Å². The van der Waals surface area contributed by atoms with Gasteiger partial charge in [0.15, 0.2) is 0 Å². The molecule has 17 heavy (non-hydrogen) atoms. The summed E-state index contributed by atoms with van der Waals surface area (Å²) in [5.41, 5.74) is 0.560. The fourth-order valence-electron chi connectivity index (χ4n) is 1.34. The Morgan fingerprint density at radius 3 is 2.59 bits per heavy atom. The first kappa shape index (κ1) is 11.7. The van der Waals surface area contributed by atoms with Gasteiger partial charge in [0.1, 0.15) is 5.82 Å². The summed E-state index contributed by atoms with van der Waals surface area (Å²) >= 11 is 3.15. The molecule has 2 rings (SSSR count). The maximum absolute atomic E-state index is 13.5. The lowest BCUT2D eigenvalue weighted by molar-refractivity contribution is 0.102. The summed E-state index contributed by atoms with van der Waals surface area (Å²) in [6.45, 7) is 0.